The van der Waals surface area contributed by atoms with Crippen LogP contribution in [0.1, 0.15) is 32.6 Å². The lowest BCUT2D eigenvalue weighted by atomic mass is 10.2. The summed E-state index contributed by atoms with van der Waals surface area (Å²) in [6.07, 6.45) is 4.86. The molecule has 25 heavy (non-hydrogen) atoms. The van der Waals surface area contributed by atoms with Crippen LogP contribution < -0.4 is 4.90 Å². The van der Waals surface area contributed by atoms with E-state index >= 15 is 0 Å². The highest BCUT2D eigenvalue weighted by Gasteiger charge is 2.31. The van der Waals surface area contributed by atoms with Crippen LogP contribution >= 0.6 is 11.8 Å². The summed E-state index contributed by atoms with van der Waals surface area (Å²) in [5.74, 6) is 0.272. The number of carbonyl (C=O) groups excluding carboxylic acids is 1. The number of hydrogen-bond acceptors (Lipinski definition) is 4. The van der Waals surface area contributed by atoms with Crippen LogP contribution in [0.2, 0.25) is 0 Å². The lowest BCUT2D eigenvalue weighted by Gasteiger charge is -2.28. The zero-order valence-electron chi connectivity index (χ0n) is 15.2. The van der Waals surface area contributed by atoms with Gasteiger partial charge in [0.2, 0.25) is 5.91 Å². The van der Waals surface area contributed by atoms with E-state index in [1.54, 1.807) is 0 Å². The van der Waals surface area contributed by atoms with Crippen LogP contribution in [0.5, 0.6) is 0 Å². The van der Waals surface area contributed by atoms with Gasteiger partial charge in [0.1, 0.15) is 0 Å². The maximum absolute atomic E-state index is 13.2. The van der Waals surface area contributed by atoms with E-state index in [9.17, 15) is 4.79 Å². The van der Waals surface area contributed by atoms with Gasteiger partial charge in [-0.1, -0.05) is 19.1 Å². The van der Waals surface area contributed by atoms with E-state index in [4.69, 9.17) is 0 Å². The Morgan fingerprint density at radius 2 is 1.96 bits per heavy atom. The third-order valence-electron chi connectivity index (χ3n) is 5.79. The second-order valence-corrected chi connectivity index (χ2v) is 9.13. The minimum Gasteiger partial charge on any atom is -0.310 e. The van der Waals surface area contributed by atoms with Crippen molar-refractivity contribution >= 4 is 23.4 Å². The van der Waals surface area contributed by atoms with E-state index in [-0.39, 0.29) is 5.91 Å². The predicted octanol–water partition coefficient (Wildman–Crippen LogP) is 3.07. The predicted molar refractivity (Wildman–Crippen MR) is 104 cm³/mol. The lowest BCUT2D eigenvalue weighted by molar-refractivity contribution is -0.119. The molecule has 2 saturated heterocycles. The molecule has 0 bridgehead atoms. The summed E-state index contributed by atoms with van der Waals surface area (Å²) in [7, 11) is 0. The highest BCUT2D eigenvalue weighted by molar-refractivity contribution is 8.00. The number of nitrogens with zero attached hydrogens (tertiary/aromatic N) is 3. The van der Waals surface area contributed by atoms with Crippen LogP contribution in [0, 0.1) is 0 Å². The van der Waals surface area contributed by atoms with Gasteiger partial charge in [-0.05, 0) is 57.5 Å². The van der Waals surface area contributed by atoms with Gasteiger partial charge in [-0.2, -0.15) is 0 Å². The Morgan fingerprint density at radius 3 is 2.88 bits per heavy atom. The van der Waals surface area contributed by atoms with Crippen LogP contribution in [0.15, 0.2) is 29.2 Å². The number of rotatable bonds is 2. The van der Waals surface area contributed by atoms with Gasteiger partial charge in [0.15, 0.2) is 0 Å². The molecule has 1 amide bonds. The zero-order chi connectivity index (χ0) is 17.2. The normalized spacial score (nSPS) is 28.1. The first-order valence-corrected chi connectivity index (χ1v) is 10.6. The average Bonchev–Trinajstić information content (AvgIpc) is 2.84. The van der Waals surface area contributed by atoms with Gasteiger partial charge in [-0.3, -0.25) is 14.6 Å². The van der Waals surface area contributed by atoms with E-state index in [1.807, 2.05) is 16.7 Å². The van der Waals surface area contributed by atoms with Crippen LogP contribution in [0.25, 0.3) is 0 Å². The summed E-state index contributed by atoms with van der Waals surface area (Å²) in [5, 5.41) is 0.559. The van der Waals surface area contributed by atoms with Gasteiger partial charge < -0.3 is 4.90 Å². The van der Waals surface area contributed by atoms with E-state index in [2.05, 4.69) is 41.0 Å². The second-order valence-electron chi connectivity index (χ2n) is 7.65. The molecule has 5 heteroatoms. The molecule has 1 aromatic rings. The van der Waals surface area contributed by atoms with Crippen LogP contribution in [0.4, 0.5) is 5.69 Å². The zero-order valence-corrected chi connectivity index (χ0v) is 16.0. The highest BCUT2D eigenvalue weighted by atomic mass is 32.2. The van der Waals surface area contributed by atoms with Crippen molar-refractivity contribution in [3.05, 3.63) is 24.3 Å². The standard InChI is InChI=1S/C20H29N3OS/c1-16-9-13-23(18-7-2-3-8-19(18)25-16)20(24)15-21-10-5-12-22-11-4-6-17(22)14-21/h2-3,7-8,16-17H,4-6,9-15H2,1H3/t16-,17+/m1/s1. The number of para-hydroxylation sites is 1. The maximum Gasteiger partial charge on any atom is 0.241 e. The van der Waals surface area contributed by atoms with Gasteiger partial charge in [-0.15, -0.1) is 11.8 Å². The molecule has 0 radical (unpaired) electrons. The molecule has 0 unspecified atom stereocenters. The minimum atomic E-state index is 0.272. The molecule has 3 aliphatic rings. The van der Waals surface area contributed by atoms with Gasteiger partial charge in [-0.25, -0.2) is 0 Å². The Morgan fingerprint density at radius 1 is 1.12 bits per heavy atom. The Balaban J connectivity index is 1.47. The summed E-state index contributed by atoms with van der Waals surface area (Å²) in [6.45, 7) is 8.24. The van der Waals surface area contributed by atoms with Crippen molar-refractivity contribution in [3.63, 3.8) is 0 Å². The first kappa shape index (κ1) is 17.4. The fourth-order valence-electron chi connectivity index (χ4n) is 4.45. The van der Waals surface area contributed by atoms with Crippen molar-refractivity contribution in [2.45, 2.75) is 48.8 Å². The fraction of sp³-hybridized carbons (Fsp3) is 0.650. The molecular weight excluding hydrogens is 330 g/mol. The van der Waals surface area contributed by atoms with Crippen LogP contribution in [-0.4, -0.2) is 66.3 Å². The van der Waals surface area contributed by atoms with Gasteiger partial charge in [0, 0.05) is 29.3 Å². The highest BCUT2D eigenvalue weighted by Crippen LogP contribution is 2.37. The first-order valence-electron chi connectivity index (χ1n) is 9.73. The Kier molecular flexibility index (Phi) is 5.34. The Labute approximate surface area is 155 Å². The summed E-state index contributed by atoms with van der Waals surface area (Å²) in [5.41, 5.74) is 1.11. The number of amides is 1. The summed E-state index contributed by atoms with van der Waals surface area (Å²) in [6, 6.07) is 9.07. The molecule has 3 aliphatic heterocycles. The topological polar surface area (TPSA) is 26.8 Å². The van der Waals surface area contributed by atoms with Crippen molar-refractivity contribution in [2.75, 3.05) is 44.2 Å². The summed E-state index contributed by atoms with van der Waals surface area (Å²) in [4.78, 5) is 21.5. The number of anilines is 1. The van der Waals surface area contributed by atoms with E-state index in [0.717, 1.165) is 31.7 Å². The molecule has 4 nitrogen and oxygen atoms in total. The molecular formula is C20H29N3OS. The molecule has 136 valence electrons. The number of thioether (sulfide) groups is 1. The van der Waals surface area contributed by atoms with Crippen molar-refractivity contribution < 1.29 is 4.79 Å². The second kappa shape index (κ2) is 7.68. The Hall–Kier alpha value is -1.04. The molecule has 4 rings (SSSR count). The van der Waals surface area contributed by atoms with Crippen LogP contribution in [-0.2, 0) is 4.79 Å². The first-order chi connectivity index (χ1) is 12.2. The SMILES string of the molecule is C[C@@H]1CCN(C(=O)CN2CCCN3CCC[C@H]3C2)c2ccccc2S1. The van der Waals surface area contributed by atoms with Crippen LogP contribution in [0.3, 0.4) is 0 Å². The third-order valence-corrected chi connectivity index (χ3v) is 7.03. The molecule has 0 aliphatic carbocycles. The largest absolute Gasteiger partial charge is 0.310 e. The molecule has 0 aromatic heterocycles. The van der Waals surface area contributed by atoms with E-state index < -0.39 is 0 Å². The monoisotopic (exact) mass is 359 g/mol. The minimum absolute atomic E-state index is 0.272. The molecule has 0 spiro atoms. The summed E-state index contributed by atoms with van der Waals surface area (Å²) >= 11 is 1.90. The quantitative estimate of drug-likeness (QED) is 0.811. The van der Waals surface area contributed by atoms with Crippen molar-refractivity contribution in [1.82, 2.24) is 9.80 Å². The van der Waals surface area contributed by atoms with Gasteiger partial charge in [0.05, 0.1) is 12.2 Å². The molecule has 0 saturated carbocycles. The maximum atomic E-state index is 13.2. The van der Waals surface area contributed by atoms with Crippen molar-refractivity contribution in [2.24, 2.45) is 0 Å². The fourth-order valence-corrected chi connectivity index (χ4v) is 5.56. The number of carbonyl (C=O) groups is 1. The van der Waals surface area contributed by atoms with Gasteiger partial charge in [0.25, 0.3) is 0 Å². The lowest BCUT2D eigenvalue weighted by Crippen LogP contribution is -2.44. The number of benzene rings is 1. The summed E-state index contributed by atoms with van der Waals surface area (Å²) < 4.78 is 0. The Bertz CT molecular complexity index is 623. The number of fused-ring (bicyclic) bond motifs is 2. The van der Waals surface area contributed by atoms with Gasteiger partial charge >= 0.3 is 0 Å². The van der Waals surface area contributed by atoms with Crippen molar-refractivity contribution in [3.8, 4) is 0 Å². The molecule has 0 N–H and O–H groups in total. The average molecular weight is 360 g/mol. The number of hydrogen-bond donors (Lipinski definition) is 0. The molecule has 1 aromatic carbocycles. The third kappa shape index (κ3) is 3.88. The molecule has 2 fully saturated rings. The van der Waals surface area contributed by atoms with E-state index in [0.29, 0.717) is 17.8 Å². The molecule has 3 heterocycles. The van der Waals surface area contributed by atoms with E-state index in [1.165, 1.54) is 37.2 Å². The molecule has 2 atom stereocenters. The van der Waals surface area contributed by atoms with Crippen molar-refractivity contribution in [1.29, 1.82) is 0 Å². The smallest absolute Gasteiger partial charge is 0.241 e.